The molecule has 3 heteroatoms. The van der Waals surface area contributed by atoms with E-state index in [9.17, 15) is 4.79 Å². The van der Waals surface area contributed by atoms with Crippen molar-refractivity contribution in [2.45, 2.75) is 33.6 Å². The molecule has 0 saturated heterocycles. The normalized spacial score (nSPS) is 14.6. The van der Waals surface area contributed by atoms with Crippen molar-refractivity contribution >= 4 is 5.97 Å². The van der Waals surface area contributed by atoms with E-state index in [-0.39, 0.29) is 0 Å². The van der Waals surface area contributed by atoms with Crippen LogP contribution < -0.4 is 0 Å². The number of hydrogen-bond donors (Lipinski definition) is 1. The summed E-state index contributed by atoms with van der Waals surface area (Å²) in [6.07, 6.45) is 4.67. The third-order valence-electron chi connectivity index (χ3n) is 2.82. The number of aryl methyl sites for hydroxylation is 1. The van der Waals surface area contributed by atoms with Crippen LogP contribution in [0, 0.1) is 12.3 Å². The van der Waals surface area contributed by atoms with Gasteiger partial charge in [-0.25, -0.2) is 0 Å². The molecule has 0 aliphatic rings. The first-order valence-corrected chi connectivity index (χ1v) is 5.12. The molecule has 1 atom stereocenters. The molecule has 82 valence electrons. The Morgan fingerprint density at radius 3 is 2.67 bits per heavy atom. The number of nitrogens with zero attached hydrogens (tertiary/aromatic N) is 1. The van der Waals surface area contributed by atoms with Gasteiger partial charge in [-0.05, 0) is 37.8 Å². The molecule has 0 saturated carbocycles. The van der Waals surface area contributed by atoms with Gasteiger partial charge in [-0.2, -0.15) is 0 Å². The predicted octanol–water partition coefficient (Wildman–Crippen LogP) is 2.43. The average molecular weight is 207 g/mol. The number of aromatic nitrogens is 1. The van der Waals surface area contributed by atoms with Gasteiger partial charge in [0.05, 0.1) is 5.41 Å². The second-order valence-electron chi connectivity index (χ2n) is 4.27. The van der Waals surface area contributed by atoms with Gasteiger partial charge in [-0.3, -0.25) is 9.78 Å². The lowest BCUT2D eigenvalue weighted by Crippen LogP contribution is -2.29. The van der Waals surface area contributed by atoms with E-state index >= 15 is 0 Å². The molecular formula is C12H17NO2. The molecule has 15 heavy (non-hydrogen) atoms. The van der Waals surface area contributed by atoms with Gasteiger partial charge in [-0.15, -0.1) is 0 Å². The Hall–Kier alpha value is -1.38. The van der Waals surface area contributed by atoms with Gasteiger partial charge in [0.15, 0.2) is 0 Å². The Morgan fingerprint density at radius 2 is 2.20 bits per heavy atom. The summed E-state index contributed by atoms with van der Waals surface area (Å²) >= 11 is 0. The van der Waals surface area contributed by atoms with Crippen LogP contribution in [0.3, 0.4) is 0 Å². The summed E-state index contributed by atoms with van der Waals surface area (Å²) in [5, 5.41) is 9.14. The summed E-state index contributed by atoms with van der Waals surface area (Å²) in [5.41, 5.74) is 1.37. The molecule has 0 spiro atoms. The van der Waals surface area contributed by atoms with E-state index in [0.717, 1.165) is 11.1 Å². The Kier molecular flexibility index (Phi) is 3.45. The minimum Gasteiger partial charge on any atom is -0.481 e. The molecule has 1 unspecified atom stereocenters. The van der Waals surface area contributed by atoms with Crippen molar-refractivity contribution in [1.29, 1.82) is 0 Å². The lowest BCUT2D eigenvalue weighted by Gasteiger charge is -2.22. The van der Waals surface area contributed by atoms with Gasteiger partial charge in [0.1, 0.15) is 0 Å². The number of rotatable bonds is 4. The van der Waals surface area contributed by atoms with Crippen LogP contribution in [0.15, 0.2) is 18.5 Å². The zero-order chi connectivity index (χ0) is 11.5. The molecule has 1 aromatic heterocycles. The van der Waals surface area contributed by atoms with Crippen molar-refractivity contribution in [3.05, 3.63) is 29.6 Å². The monoisotopic (exact) mass is 207 g/mol. The van der Waals surface area contributed by atoms with Crippen molar-refractivity contribution in [2.75, 3.05) is 0 Å². The molecule has 0 amide bonds. The third-order valence-corrected chi connectivity index (χ3v) is 2.82. The van der Waals surface area contributed by atoms with E-state index in [1.54, 1.807) is 19.3 Å². The first-order valence-electron chi connectivity index (χ1n) is 5.12. The van der Waals surface area contributed by atoms with Crippen LogP contribution in [-0.4, -0.2) is 16.1 Å². The fraction of sp³-hybridized carbons (Fsp3) is 0.500. The second kappa shape index (κ2) is 4.43. The molecule has 1 N–H and O–H groups in total. The lowest BCUT2D eigenvalue weighted by atomic mass is 9.81. The van der Waals surface area contributed by atoms with Crippen molar-refractivity contribution < 1.29 is 9.90 Å². The van der Waals surface area contributed by atoms with Crippen LogP contribution in [0.2, 0.25) is 0 Å². The van der Waals surface area contributed by atoms with Crippen LogP contribution in [0.1, 0.15) is 31.4 Å². The number of carbonyl (C=O) groups is 1. The van der Waals surface area contributed by atoms with E-state index in [1.807, 2.05) is 19.9 Å². The number of carboxylic acids is 1. The zero-order valence-electron chi connectivity index (χ0n) is 9.45. The van der Waals surface area contributed by atoms with Gasteiger partial charge in [-0.1, -0.05) is 13.0 Å². The molecule has 1 aromatic rings. The standard InChI is InChI=1S/C12H17NO2/c1-4-12(3,11(14)15)6-10-5-9(2)7-13-8-10/h5,7-8H,4,6H2,1-3H3,(H,14,15). The highest BCUT2D eigenvalue weighted by Gasteiger charge is 2.31. The highest BCUT2D eigenvalue weighted by atomic mass is 16.4. The largest absolute Gasteiger partial charge is 0.481 e. The summed E-state index contributed by atoms with van der Waals surface area (Å²) in [6.45, 7) is 5.63. The second-order valence-corrected chi connectivity index (χ2v) is 4.27. The number of aliphatic carboxylic acids is 1. The molecule has 0 fully saturated rings. The highest BCUT2D eigenvalue weighted by Crippen LogP contribution is 2.26. The van der Waals surface area contributed by atoms with Crippen molar-refractivity contribution in [3.8, 4) is 0 Å². The van der Waals surface area contributed by atoms with E-state index in [2.05, 4.69) is 4.98 Å². The van der Waals surface area contributed by atoms with Gasteiger partial charge in [0, 0.05) is 12.4 Å². The van der Waals surface area contributed by atoms with Crippen LogP contribution in [-0.2, 0) is 11.2 Å². The third kappa shape index (κ3) is 2.78. The van der Waals surface area contributed by atoms with E-state index in [1.165, 1.54) is 0 Å². The fourth-order valence-electron chi connectivity index (χ4n) is 1.52. The van der Waals surface area contributed by atoms with Gasteiger partial charge in [0.2, 0.25) is 0 Å². The first kappa shape index (κ1) is 11.7. The molecule has 0 radical (unpaired) electrons. The molecule has 0 aliphatic heterocycles. The summed E-state index contributed by atoms with van der Waals surface area (Å²) in [5.74, 6) is -0.744. The Balaban J connectivity index is 2.89. The molecule has 0 aliphatic carbocycles. The minimum atomic E-state index is -0.744. The average Bonchev–Trinajstić information content (AvgIpc) is 2.17. The van der Waals surface area contributed by atoms with Crippen molar-refractivity contribution in [1.82, 2.24) is 4.98 Å². The Labute approximate surface area is 90.2 Å². The van der Waals surface area contributed by atoms with Crippen molar-refractivity contribution in [3.63, 3.8) is 0 Å². The van der Waals surface area contributed by atoms with Crippen LogP contribution in [0.25, 0.3) is 0 Å². The molecule has 0 aromatic carbocycles. The van der Waals surface area contributed by atoms with Gasteiger partial charge >= 0.3 is 5.97 Å². The Bertz CT molecular complexity index is 362. The topological polar surface area (TPSA) is 50.2 Å². The zero-order valence-corrected chi connectivity index (χ0v) is 9.45. The smallest absolute Gasteiger partial charge is 0.309 e. The van der Waals surface area contributed by atoms with Crippen LogP contribution in [0.4, 0.5) is 0 Å². The molecule has 3 nitrogen and oxygen atoms in total. The van der Waals surface area contributed by atoms with Gasteiger partial charge < -0.3 is 5.11 Å². The lowest BCUT2D eigenvalue weighted by molar-refractivity contribution is -0.148. The summed E-state index contributed by atoms with van der Waals surface area (Å²) in [6, 6.07) is 1.99. The highest BCUT2D eigenvalue weighted by molar-refractivity contribution is 5.74. The maximum atomic E-state index is 11.1. The van der Waals surface area contributed by atoms with Crippen molar-refractivity contribution in [2.24, 2.45) is 5.41 Å². The molecule has 0 bridgehead atoms. The maximum Gasteiger partial charge on any atom is 0.309 e. The number of hydrogen-bond acceptors (Lipinski definition) is 2. The summed E-state index contributed by atoms with van der Waals surface area (Å²) in [7, 11) is 0. The summed E-state index contributed by atoms with van der Waals surface area (Å²) < 4.78 is 0. The van der Waals surface area contributed by atoms with Gasteiger partial charge in [0.25, 0.3) is 0 Å². The predicted molar refractivity (Wildman–Crippen MR) is 58.7 cm³/mol. The number of pyridine rings is 1. The Morgan fingerprint density at radius 1 is 1.53 bits per heavy atom. The quantitative estimate of drug-likeness (QED) is 0.825. The summed E-state index contributed by atoms with van der Waals surface area (Å²) in [4.78, 5) is 15.2. The molecular weight excluding hydrogens is 190 g/mol. The first-order chi connectivity index (χ1) is 6.98. The van der Waals surface area contributed by atoms with E-state index in [0.29, 0.717) is 12.8 Å². The van der Waals surface area contributed by atoms with E-state index < -0.39 is 11.4 Å². The van der Waals surface area contributed by atoms with Crippen LogP contribution in [0.5, 0.6) is 0 Å². The van der Waals surface area contributed by atoms with Crippen LogP contribution >= 0.6 is 0 Å². The van der Waals surface area contributed by atoms with E-state index in [4.69, 9.17) is 5.11 Å². The minimum absolute atomic E-state index is 0.535. The maximum absolute atomic E-state index is 11.1. The molecule has 1 rings (SSSR count). The fourth-order valence-corrected chi connectivity index (χ4v) is 1.52. The SMILES string of the molecule is CCC(C)(Cc1cncc(C)c1)C(=O)O. The number of carboxylic acid groups (broad SMARTS) is 1. The molecule has 1 heterocycles.